The Balaban J connectivity index is 1.20. The molecule has 2 aliphatic heterocycles. The van der Waals surface area contributed by atoms with Gasteiger partial charge in [-0.25, -0.2) is 13.9 Å². The second-order valence-corrected chi connectivity index (χ2v) is 13.3. The van der Waals surface area contributed by atoms with Gasteiger partial charge >= 0.3 is 10.3 Å². The van der Waals surface area contributed by atoms with Crippen LogP contribution in [-0.2, 0) is 14.5 Å². The van der Waals surface area contributed by atoms with Gasteiger partial charge in [-0.05, 0) is 51.1 Å². The van der Waals surface area contributed by atoms with Crippen LogP contribution in [0.4, 0.5) is 17.3 Å². The Hall–Kier alpha value is -2.93. The summed E-state index contributed by atoms with van der Waals surface area (Å²) >= 11 is 13.3. The fourth-order valence-corrected chi connectivity index (χ4v) is 7.51. The lowest BCUT2D eigenvalue weighted by Gasteiger charge is -2.42. The van der Waals surface area contributed by atoms with Crippen molar-refractivity contribution >= 4 is 61.7 Å². The Morgan fingerprint density at radius 3 is 2.47 bits per heavy atom. The number of hydrogen-bond acceptors (Lipinski definition) is 9. The molecule has 0 atom stereocenters. The van der Waals surface area contributed by atoms with Crippen LogP contribution in [0, 0.1) is 0 Å². The highest BCUT2D eigenvalue weighted by atomic mass is 35.5. The van der Waals surface area contributed by atoms with Crippen molar-refractivity contribution in [2.75, 3.05) is 63.1 Å². The number of fused-ring (bicyclic) bond motifs is 1. The summed E-state index contributed by atoms with van der Waals surface area (Å²) in [5, 5.41) is 4.84. The van der Waals surface area contributed by atoms with Gasteiger partial charge in [-0.15, -0.1) is 0 Å². The number of piperazine rings is 1. The molecule has 0 saturated carbocycles. The highest BCUT2D eigenvalue weighted by Gasteiger charge is 2.27. The summed E-state index contributed by atoms with van der Waals surface area (Å²) in [7, 11) is -1.84. The number of likely N-dealkylation sites (N-methyl/N-ethyl adjacent to an activating group) is 1. The summed E-state index contributed by atoms with van der Waals surface area (Å²) in [4.78, 5) is 16.4. The molecular weight excluding hydrogens is 609 g/mol. The summed E-state index contributed by atoms with van der Waals surface area (Å²) in [6.07, 6.45) is 5.23. The largest absolute Gasteiger partial charge is 0.370 e. The van der Waals surface area contributed by atoms with Crippen LogP contribution in [0.5, 0.6) is 0 Å². The van der Waals surface area contributed by atoms with E-state index in [0.717, 1.165) is 67.5 Å². The molecule has 228 valence electrons. The van der Waals surface area contributed by atoms with Gasteiger partial charge in [0.15, 0.2) is 0 Å². The zero-order valence-corrected chi connectivity index (χ0v) is 26.5. The number of piperidine rings is 1. The fourth-order valence-electron chi connectivity index (χ4n) is 5.97. The number of rotatable bonds is 8. The Labute approximate surface area is 262 Å². The van der Waals surface area contributed by atoms with E-state index in [1.807, 2.05) is 30.3 Å². The molecule has 1 N–H and O–H groups in total. The fraction of sp³-hybridized carbons (Fsp3) is 0.400. The third-order valence-electron chi connectivity index (χ3n) is 8.25. The smallest absolute Gasteiger partial charge is 0.366 e. The van der Waals surface area contributed by atoms with Crippen molar-refractivity contribution < 1.29 is 12.6 Å². The standard InChI is InChI=1S/C30H35Cl2N7O3S/c1-3-42-43(40,41)39-20-24(23-6-4-5-7-27(23)39)29-26(32)19-33-30(35-29)34-21-8-9-28(25(31)18-21)38-12-10-22(11-13-38)37-16-14-36(2)15-17-37/h4-9,18-20,22H,3,10-17H2,1-2H3,(H,33,34,35). The SMILES string of the molecule is CCOS(=O)(=O)n1cc(-c2nc(Nc3ccc(N4CCC(N5CCN(C)CC5)CC4)c(Cl)c3)ncc2Cl)c2ccccc21. The van der Waals surface area contributed by atoms with Crippen LogP contribution >= 0.6 is 23.2 Å². The maximum absolute atomic E-state index is 12.8. The van der Waals surface area contributed by atoms with Gasteiger partial charge in [0.1, 0.15) is 0 Å². The normalized spacial score (nSPS) is 17.5. The van der Waals surface area contributed by atoms with Gasteiger partial charge in [0.25, 0.3) is 0 Å². The van der Waals surface area contributed by atoms with Gasteiger partial charge in [-0.1, -0.05) is 41.4 Å². The Kier molecular flexibility index (Phi) is 8.81. The van der Waals surface area contributed by atoms with Crippen molar-refractivity contribution in [3.63, 3.8) is 0 Å². The minimum Gasteiger partial charge on any atom is -0.370 e. The van der Waals surface area contributed by atoms with E-state index in [4.69, 9.17) is 27.4 Å². The number of nitrogens with one attached hydrogen (secondary N) is 1. The van der Waals surface area contributed by atoms with Crippen LogP contribution < -0.4 is 10.2 Å². The number of halogens is 2. The van der Waals surface area contributed by atoms with Crippen LogP contribution in [0.15, 0.2) is 54.9 Å². The molecule has 0 amide bonds. The minimum atomic E-state index is -4.03. The predicted octanol–water partition coefficient (Wildman–Crippen LogP) is 5.49. The first-order chi connectivity index (χ1) is 20.7. The lowest BCUT2D eigenvalue weighted by Crippen LogP contribution is -2.52. The average Bonchev–Trinajstić information content (AvgIpc) is 3.39. The van der Waals surface area contributed by atoms with E-state index in [1.165, 1.54) is 12.4 Å². The third-order valence-corrected chi connectivity index (χ3v) is 10.1. The van der Waals surface area contributed by atoms with Gasteiger partial charge in [-0.2, -0.15) is 8.42 Å². The van der Waals surface area contributed by atoms with Crippen LogP contribution in [0.25, 0.3) is 22.2 Å². The van der Waals surface area contributed by atoms with Crippen molar-refractivity contribution in [3.05, 3.63) is 64.9 Å². The molecule has 43 heavy (non-hydrogen) atoms. The molecule has 2 fully saturated rings. The molecule has 0 bridgehead atoms. The average molecular weight is 645 g/mol. The molecular formula is C30H35Cl2N7O3S. The number of anilines is 3. The van der Waals surface area contributed by atoms with E-state index in [2.05, 4.69) is 37.0 Å². The van der Waals surface area contributed by atoms with E-state index >= 15 is 0 Å². The molecule has 2 saturated heterocycles. The zero-order valence-electron chi connectivity index (χ0n) is 24.2. The van der Waals surface area contributed by atoms with Crippen LogP contribution in [-0.4, -0.2) is 91.1 Å². The lowest BCUT2D eigenvalue weighted by molar-refractivity contribution is 0.0982. The molecule has 2 aromatic carbocycles. The summed E-state index contributed by atoms with van der Waals surface area (Å²) in [6, 6.07) is 13.6. The maximum Gasteiger partial charge on any atom is 0.366 e. The quantitative estimate of drug-likeness (QED) is 0.267. The molecule has 2 aliphatic rings. The van der Waals surface area contributed by atoms with Crippen LogP contribution in [0.1, 0.15) is 19.8 Å². The third kappa shape index (κ3) is 6.33. The molecule has 6 rings (SSSR count). The van der Waals surface area contributed by atoms with Gasteiger partial charge in [0, 0.05) is 68.1 Å². The van der Waals surface area contributed by atoms with Gasteiger partial charge in [0.2, 0.25) is 5.95 Å². The number of aromatic nitrogens is 3. The highest BCUT2D eigenvalue weighted by Crippen LogP contribution is 2.36. The van der Waals surface area contributed by atoms with E-state index in [-0.39, 0.29) is 11.6 Å². The van der Waals surface area contributed by atoms with E-state index in [0.29, 0.717) is 39.2 Å². The monoisotopic (exact) mass is 643 g/mol. The Morgan fingerprint density at radius 1 is 1.00 bits per heavy atom. The predicted molar refractivity (Wildman–Crippen MR) is 173 cm³/mol. The molecule has 4 heterocycles. The Morgan fingerprint density at radius 2 is 1.74 bits per heavy atom. The van der Waals surface area contributed by atoms with Gasteiger partial charge in [-0.3, -0.25) is 9.08 Å². The van der Waals surface area contributed by atoms with E-state index in [9.17, 15) is 8.42 Å². The molecule has 0 radical (unpaired) electrons. The topological polar surface area (TPSA) is 95.8 Å². The number of nitrogens with zero attached hydrogens (tertiary/aromatic N) is 6. The van der Waals surface area contributed by atoms with Gasteiger partial charge in [0.05, 0.1) is 39.7 Å². The summed E-state index contributed by atoms with van der Waals surface area (Å²) in [5.74, 6) is 0.306. The molecule has 0 aliphatic carbocycles. The van der Waals surface area contributed by atoms with Crippen molar-refractivity contribution in [1.82, 2.24) is 23.7 Å². The molecule has 2 aromatic heterocycles. The van der Waals surface area contributed by atoms with Crippen molar-refractivity contribution in [2.45, 2.75) is 25.8 Å². The van der Waals surface area contributed by atoms with Crippen LogP contribution in [0.3, 0.4) is 0 Å². The number of para-hydroxylation sites is 1. The Bertz CT molecular complexity index is 1720. The molecule has 4 aromatic rings. The second-order valence-electron chi connectivity index (χ2n) is 11.0. The first-order valence-electron chi connectivity index (χ1n) is 14.5. The molecule has 0 unspecified atom stereocenters. The first kappa shape index (κ1) is 30.1. The number of benzene rings is 2. The van der Waals surface area contributed by atoms with Crippen LogP contribution in [0.2, 0.25) is 10.0 Å². The zero-order chi connectivity index (χ0) is 30.1. The molecule has 13 heteroatoms. The highest BCUT2D eigenvalue weighted by molar-refractivity contribution is 7.85. The second kappa shape index (κ2) is 12.6. The summed E-state index contributed by atoms with van der Waals surface area (Å²) in [6.45, 7) is 8.15. The molecule has 10 nitrogen and oxygen atoms in total. The number of hydrogen-bond donors (Lipinski definition) is 1. The van der Waals surface area contributed by atoms with Crippen molar-refractivity contribution in [3.8, 4) is 11.3 Å². The maximum atomic E-state index is 12.8. The van der Waals surface area contributed by atoms with Gasteiger partial charge < -0.3 is 15.1 Å². The van der Waals surface area contributed by atoms with E-state index < -0.39 is 10.3 Å². The van der Waals surface area contributed by atoms with E-state index in [1.54, 1.807) is 19.1 Å². The van der Waals surface area contributed by atoms with Crippen molar-refractivity contribution in [1.29, 1.82) is 0 Å². The summed E-state index contributed by atoms with van der Waals surface area (Å²) < 4.78 is 31.8. The minimum absolute atomic E-state index is 0.0166. The van der Waals surface area contributed by atoms with Crippen molar-refractivity contribution in [2.24, 2.45) is 0 Å². The molecule has 0 spiro atoms. The first-order valence-corrected chi connectivity index (χ1v) is 16.6. The lowest BCUT2D eigenvalue weighted by atomic mass is 10.0. The summed E-state index contributed by atoms with van der Waals surface area (Å²) in [5.41, 5.74) is 3.15.